The molecule has 0 spiro atoms. The van der Waals surface area contributed by atoms with Crippen molar-refractivity contribution in [1.82, 2.24) is 19.9 Å². The van der Waals surface area contributed by atoms with Gasteiger partial charge in [0.1, 0.15) is 11.6 Å². The Hall–Kier alpha value is -3.32. The number of hydrogen-bond acceptors (Lipinski definition) is 5. The van der Waals surface area contributed by atoms with Gasteiger partial charge in [0.15, 0.2) is 12.1 Å². The third kappa shape index (κ3) is 3.82. The minimum absolute atomic E-state index is 0.355. The monoisotopic (exact) mass is 391 g/mol. The highest BCUT2D eigenvalue weighted by atomic mass is 19.1. The lowest BCUT2D eigenvalue weighted by atomic mass is 10.1. The summed E-state index contributed by atoms with van der Waals surface area (Å²) in [4.78, 5) is 26.4. The summed E-state index contributed by atoms with van der Waals surface area (Å²) in [5, 5.41) is 4.83. The third-order valence-electron chi connectivity index (χ3n) is 4.82. The van der Waals surface area contributed by atoms with E-state index in [1.165, 1.54) is 12.1 Å². The molecule has 0 radical (unpaired) electrons. The van der Waals surface area contributed by atoms with Crippen LogP contribution in [0.3, 0.4) is 0 Å². The van der Waals surface area contributed by atoms with Gasteiger partial charge in [0.05, 0.1) is 16.8 Å². The Labute approximate surface area is 167 Å². The van der Waals surface area contributed by atoms with Crippen molar-refractivity contribution in [3.05, 3.63) is 53.8 Å². The molecule has 4 aromatic rings. The van der Waals surface area contributed by atoms with Gasteiger partial charge in [-0.25, -0.2) is 14.4 Å². The largest absolute Gasteiger partial charge is 0.369 e. The maximum absolute atomic E-state index is 13.7. The van der Waals surface area contributed by atoms with E-state index in [0.29, 0.717) is 33.8 Å². The highest BCUT2D eigenvalue weighted by molar-refractivity contribution is 6.04. The summed E-state index contributed by atoms with van der Waals surface area (Å²) in [6.45, 7) is 1.73. The number of halogens is 1. The van der Waals surface area contributed by atoms with Crippen molar-refractivity contribution < 1.29 is 9.18 Å². The van der Waals surface area contributed by atoms with E-state index in [1.807, 2.05) is 38.4 Å². The molecule has 0 aliphatic rings. The Morgan fingerprint density at radius 1 is 1.14 bits per heavy atom. The molecule has 6 nitrogen and oxygen atoms in total. The number of aromatic amines is 1. The van der Waals surface area contributed by atoms with E-state index >= 15 is 0 Å². The molecule has 0 aliphatic heterocycles. The number of H-pyrrole nitrogens is 1. The zero-order valence-electron chi connectivity index (χ0n) is 16.4. The number of aldehydes is 1. The van der Waals surface area contributed by atoms with Gasteiger partial charge in [-0.3, -0.25) is 4.79 Å². The number of nitrogens with zero attached hydrogens (tertiary/aromatic N) is 3. The van der Waals surface area contributed by atoms with Crippen LogP contribution in [0.5, 0.6) is 0 Å². The number of hydrogen-bond donors (Lipinski definition) is 2. The molecule has 7 heteroatoms. The van der Waals surface area contributed by atoms with Crippen LogP contribution in [0.2, 0.25) is 0 Å². The zero-order valence-corrected chi connectivity index (χ0v) is 16.4. The fourth-order valence-corrected chi connectivity index (χ4v) is 3.41. The average Bonchev–Trinajstić information content (AvgIpc) is 3.08. The van der Waals surface area contributed by atoms with E-state index in [9.17, 15) is 9.18 Å². The van der Waals surface area contributed by atoms with Gasteiger partial charge >= 0.3 is 0 Å². The van der Waals surface area contributed by atoms with Crippen molar-refractivity contribution in [2.45, 2.75) is 6.42 Å². The molecule has 0 amide bonds. The van der Waals surface area contributed by atoms with E-state index < -0.39 is 5.82 Å². The fourth-order valence-electron chi connectivity index (χ4n) is 3.41. The van der Waals surface area contributed by atoms with Crippen molar-refractivity contribution in [1.29, 1.82) is 0 Å². The maximum atomic E-state index is 13.7. The molecule has 148 valence electrons. The number of carbonyl (C=O) groups excluding carboxylic acids is 1. The van der Waals surface area contributed by atoms with Crippen molar-refractivity contribution in [3.8, 4) is 11.5 Å². The number of para-hydroxylation sites is 1. The van der Waals surface area contributed by atoms with Gasteiger partial charge in [-0.2, -0.15) is 0 Å². The van der Waals surface area contributed by atoms with Gasteiger partial charge in [0.25, 0.3) is 0 Å². The van der Waals surface area contributed by atoms with Gasteiger partial charge in [-0.1, -0.05) is 12.1 Å². The SMILES string of the molecule is CN(C)CCCNc1nc(-c2[nH]c3ccc(F)cc3c2C=O)nc2ccccc12. The first-order valence-corrected chi connectivity index (χ1v) is 9.49. The molecule has 29 heavy (non-hydrogen) atoms. The summed E-state index contributed by atoms with van der Waals surface area (Å²) >= 11 is 0. The summed E-state index contributed by atoms with van der Waals surface area (Å²) in [5.74, 6) is 0.720. The number of carbonyl (C=O) groups is 1. The Bertz CT molecular complexity index is 1180. The van der Waals surface area contributed by atoms with Gasteiger partial charge in [0.2, 0.25) is 0 Å². The predicted molar refractivity (Wildman–Crippen MR) is 114 cm³/mol. The first-order valence-electron chi connectivity index (χ1n) is 9.49. The molecule has 2 aromatic carbocycles. The van der Waals surface area contributed by atoms with Crippen LogP contribution in [0, 0.1) is 5.82 Å². The van der Waals surface area contributed by atoms with Crippen molar-refractivity contribution >= 4 is 33.9 Å². The quantitative estimate of drug-likeness (QED) is 0.367. The second kappa shape index (κ2) is 7.97. The summed E-state index contributed by atoms with van der Waals surface area (Å²) < 4.78 is 13.7. The molecule has 2 heterocycles. The number of benzene rings is 2. The molecule has 2 N–H and O–H groups in total. The Balaban J connectivity index is 1.80. The summed E-state index contributed by atoms with van der Waals surface area (Å²) in [6, 6.07) is 12.1. The number of anilines is 1. The smallest absolute Gasteiger partial charge is 0.179 e. The fraction of sp³-hybridized carbons (Fsp3) is 0.227. The van der Waals surface area contributed by atoms with Crippen LogP contribution < -0.4 is 5.32 Å². The van der Waals surface area contributed by atoms with E-state index in [-0.39, 0.29) is 0 Å². The molecule has 0 saturated carbocycles. The molecule has 0 atom stereocenters. The molecule has 0 fully saturated rings. The highest BCUT2D eigenvalue weighted by Gasteiger charge is 2.17. The van der Waals surface area contributed by atoms with E-state index in [0.717, 1.165) is 36.7 Å². The van der Waals surface area contributed by atoms with Crippen molar-refractivity contribution in [3.63, 3.8) is 0 Å². The van der Waals surface area contributed by atoms with Crippen molar-refractivity contribution in [2.24, 2.45) is 0 Å². The van der Waals surface area contributed by atoms with Crippen LogP contribution in [0.15, 0.2) is 42.5 Å². The normalized spacial score (nSPS) is 11.4. The first-order chi connectivity index (χ1) is 14.1. The zero-order chi connectivity index (χ0) is 20.4. The number of fused-ring (bicyclic) bond motifs is 2. The van der Waals surface area contributed by atoms with Gasteiger partial charge in [-0.05, 0) is 57.4 Å². The van der Waals surface area contributed by atoms with Crippen LogP contribution in [-0.2, 0) is 0 Å². The molecule has 0 unspecified atom stereocenters. The second-order valence-electron chi connectivity index (χ2n) is 7.22. The van der Waals surface area contributed by atoms with E-state index in [4.69, 9.17) is 4.98 Å². The first kappa shape index (κ1) is 19.0. The molecular weight excluding hydrogens is 369 g/mol. The average molecular weight is 391 g/mol. The van der Waals surface area contributed by atoms with Gasteiger partial charge in [-0.15, -0.1) is 0 Å². The lowest BCUT2D eigenvalue weighted by Crippen LogP contribution is -2.17. The van der Waals surface area contributed by atoms with Crippen LogP contribution in [0.4, 0.5) is 10.2 Å². The predicted octanol–water partition coefficient (Wildman–Crippen LogP) is 4.09. The highest BCUT2D eigenvalue weighted by Crippen LogP contribution is 2.30. The van der Waals surface area contributed by atoms with Crippen molar-refractivity contribution in [2.75, 3.05) is 32.5 Å². The number of rotatable bonds is 7. The van der Waals surface area contributed by atoms with Crippen LogP contribution >= 0.6 is 0 Å². The molecule has 0 aliphatic carbocycles. The summed E-state index contributed by atoms with van der Waals surface area (Å²) in [5.41, 5.74) is 2.28. The maximum Gasteiger partial charge on any atom is 0.179 e. The van der Waals surface area contributed by atoms with Crippen LogP contribution in [0.25, 0.3) is 33.3 Å². The lowest BCUT2D eigenvalue weighted by Gasteiger charge is -2.12. The summed E-state index contributed by atoms with van der Waals surface area (Å²) in [6.07, 6.45) is 1.68. The Morgan fingerprint density at radius 2 is 1.97 bits per heavy atom. The lowest BCUT2D eigenvalue weighted by molar-refractivity contribution is 0.112. The minimum atomic E-state index is -0.395. The van der Waals surface area contributed by atoms with Crippen LogP contribution in [0.1, 0.15) is 16.8 Å². The second-order valence-corrected chi connectivity index (χ2v) is 7.22. The Morgan fingerprint density at radius 3 is 2.76 bits per heavy atom. The minimum Gasteiger partial charge on any atom is -0.369 e. The third-order valence-corrected chi connectivity index (χ3v) is 4.82. The standard InChI is InChI=1S/C22H22FN5O/c1-28(2)11-5-10-24-21-15-6-3-4-7-18(15)26-22(27-21)20-17(13-29)16-12-14(23)8-9-19(16)25-20/h3-4,6-9,12-13,25H,5,10-11H2,1-2H3,(H,24,26,27). The van der Waals surface area contributed by atoms with E-state index in [2.05, 4.69) is 20.2 Å². The van der Waals surface area contributed by atoms with Crippen LogP contribution in [-0.4, -0.2) is 53.3 Å². The Kier molecular flexibility index (Phi) is 5.22. The molecule has 2 aromatic heterocycles. The number of aromatic nitrogens is 3. The summed E-state index contributed by atoms with van der Waals surface area (Å²) in [7, 11) is 4.08. The van der Waals surface area contributed by atoms with Gasteiger partial charge < -0.3 is 15.2 Å². The topological polar surface area (TPSA) is 73.9 Å². The molecule has 0 saturated heterocycles. The molecular formula is C22H22FN5O. The molecule has 0 bridgehead atoms. The number of nitrogens with one attached hydrogen (secondary N) is 2. The molecule has 4 rings (SSSR count). The van der Waals surface area contributed by atoms with Gasteiger partial charge in [0, 0.05) is 22.8 Å². The van der Waals surface area contributed by atoms with E-state index in [1.54, 1.807) is 6.07 Å².